The Morgan fingerprint density at radius 2 is 2.12 bits per heavy atom. The zero-order chi connectivity index (χ0) is 11.5. The number of rotatable bonds is 4. The second-order valence-electron chi connectivity index (χ2n) is 3.68. The Labute approximate surface area is 97.5 Å². The van der Waals surface area contributed by atoms with Gasteiger partial charge in [0.05, 0.1) is 5.69 Å². The van der Waals surface area contributed by atoms with E-state index >= 15 is 0 Å². The molecule has 16 heavy (non-hydrogen) atoms. The molecule has 0 unspecified atom stereocenters. The maximum Gasteiger partial charge on any atom is 0.303 e. The molecule has 3 N–H and O–H groups in total. The third-order valence-corrected chi connectivity index (χ3v) is 3.75. The number of aryl methyl sites for hydroxylation is 1. The van der Waals surface area contributed by atoms with Crippen LogP contribution in [0.15, 0.2) is 24.3 Å². The minimum atomic E-state index is -0.750. The molecule has 0 bridgehead atoms. The molecule has 0 aliphatic heterocycles. The first-order valence-corrected chi connectivity index (χ1v) is 5.98. The minimum Gasteiger partial charge on any atom is -0.481 e. The summed E-state index contributed by atoms with van der Waals surface area (Å²) in [4.78, 5) is 11.5. The van der Waals surface area contributed by atoms with E-state index in [1.807, 2.05) is 24.3 Å². The fraction of sp³-hybridized carbons (Fsp3) is 0.250. The smallest absolute Gasteiger partial charge is 0.303 e. The van der Waals surface area contributed by atoms with Gasteiger partial charge in [-0.3, -0.25) is 4.79 Å². The third-order valence-electron chi connectivity index (χ3n) is 2.51. The number of hydrogen-bond donors (Lipinski definition) is 2. The van der Waals surface area contributed by atoms with Crippen molar-refractivity contribution < 1.29 is 9.90 Å². The van der Waals surface area contributed by atoms with Crippen molar-refractivity contribution >= 4 is 33.1 Å². The van der Waals surface area contributed by atoms with Crippen LogP contribution in [0.3, 0.4) is 0 Å². The number of fused-ring (bicyclic) bond motifs is 1. The highest BCUT2D eigenvalue weighted by Crippen LogP contribution is 2.34. The van der Waals surface area contributed by atoms with Crippen LogP contribution in [0.5, 0.6) is 0 Å². The molecule has 4 heteroatoms. The molecule has 2 rings (SSSR count). The molecule has 0 saturated carbocycles. The number of thiophene rings is 1. The molecule has 1 aromatic heterocycles. The summed E-state index contributed by atoms with van der Waals surface area (Å²) in [6, 6.07) is 7.99. The van der Waals surface area contributed by atoms with Crippen molar-refractivity contribution in [1.29, 1.82) is 0 Å². The van der Waals surface area contributed by atoms with Gasteiger partial charge < -0.3 is 10.8 Å². The van der Waals surface area contributed by atoms with Crippen molar-refractivity contribution in [3.63, 3.8) is 0 Å². The maximum absolute atomic E-state index is 10.4. The summed E-state index contributed by atoms with van der Waals surface area (Å²) in [5.74, 6) is -0.750. The molecule has 0 amide bonds. The molecule has 0 fully saturated rings. The van der Waals surface area contributed by atoms with Crippen LogP contribution < -0.4 is 5.73 Å². The summed E-state index contributed by atoms with van der Waals surface area (Å²) in [5.41, 5.74) is 6.83. The van der Waals surface area contributed by atoms with Crippen LogP contribution in [0.1, 0.15) is 17.7 Å². The Balaban J connectivity index is 2.18. The van der Waals surface area contributed by atoms with Crippen LogP contribution in [0.2, 0.25) is 0 Å². The SMILES string of the molecule is Nc1c(CCCC(=O)O)sc2ccccc12. The summed E-state index contributed by atoms with van der Waals surface area (Å²) < 4.78 is 1.17. The van der Waals surface area contributed by atoms with Crippen LogP contribution in [0.25, 0.3) is 10.1 Å². The summed E-state index contributed by atoms with van der Waals surface area (Å²) in [7, 11) is 0. The van der Waals surface area contributed by atoms with E-state index in [1.54, 1.807) is 11.3 Å². The predicted molar refractivity (Wildman–Crippen MR) is 66.8 cm³/mol. The molecule has 0 aliphatic rings. The van der Waals surface area contributed by atoms with Crippen molar-refractivity contribution in [2.24, 2.45) is 0 Å². The number of nitrogen functional groups attached to an aromatic ring is 1. The lowest BCUT2D eigenvalue weighted by Gasteiger charge is -1.97. The number of nitrogens with two attached hydrogens (primary N) is 1. The minimum absolute atomic E-state index is 0.202. The quantitative estimate of drug-likeness (QED) is 0.856. The van der Waals surface area contributed by atoms with E-state index in [9.17, 15) is 4.79 Å². The molecule has 0 radical (unpaired) electrons. The van der Waals surface area contributed by atoms with Gasteiger partial charge in [0.25, 0.3) is 0 Å². The Kier molecular flexibility index (Phi) is 3.10. The average molecular weight is 235 g/mol. The molecule has 2 aromatic rings. The van der Waals surface area contributed by atoms with E-state index in [2.05, 4.69) is 0 Å². The molecule has 1 aromatic carbocycles. The Morgan fingerprint density at radius 1 is 1.38 bits per heavy atom. The average Bonchev–Trinajstić information content (AvgIpc) is 2.56. The standard InChI is InChI=1S/C12H13NO2S/c13-12-8-4-1-2-5-9(8)16-10(12)6-3-7-11(14)15/h1-2,4-5H,3,6-7,13H2,(H,14,15). The van der Waals surface area contributed by atoms with Crippen molar-refractivity contribution in [3.8, 4) is 0 Å². The molecule has 0 spiro atoms. The zero-order valence-electron chi connectivity index (χ0n) is 8.77. The Morgan fingerprint density at radius 3 is 2.81 bits per heavy atom. The van der Waals surface area contributed by atoms with Gasteiger partial charge in [-0.05, 0) is 18.9 Å². The van der Waals surface area contributed by atoms with Crippen LogP contribution in [0, 0.1) is 0 Å². The van der Waals surface area contributed by atoms with E-state index in [-0.39, 0.29) is 6.42 Å². The van der Waals surface area contributed by atoms with Gasteiger partial charge in [-0.25, -0.2) is 0 Å². The van der Waals surface area contributed by atoms with Gasteiger partial charge in [-0.1, -0.05) is 18.2 Å². The van der Waals surface area contributed by atoms with Crippen LogP contribution in [-0.4, -0.2) is 11.1 Å². The van der Waals surface area contributed by atoms with Crippen LogP contribution >= 0.6 is 11.3 Å². The van der Waals surface area contributed by atoms with Crippen LogP contribution in [0.4, 0.5) is 5.69 Å². The monoisotopic (exact) mass is 235 g/mol. The lowest BCUT2D eigenvalue weighted by atomic mass is 10.1. The Bertz CT molecular complexity index is 519. The molecular formula is C12H13NO2S. The summed E-state index contributed by atoms with van der Waals surface area (Å²) >= 11 is 1.66. The van der Waals surface area contributed by atoms with Crippen molar-refractivity contribution in [3.05, 3.63) is 29.1 Å². The van der Waals surface area contributed by atoms with Crippen molar-refractivity contribution in [1.82, 2.24) is 0 Å². The highest BCUT2D eigenvalue weighted by molar-refractivity contribution is 7.19. The van der Waals surface area contributed by atoms with E-state index in [4.69, 9.17) is 10.8 Å². The second kappa shape index (κ2) is 4.53. The normalized spacial score (nSPS) is 10.8. The van der Waals surface area contributed by atoms with E-state index in [0.717, 1.165) is 22.4 Å². The van der Waals surface area contributed by atoms with Crippen molar-refractivity contribution in [2.75, 3.05) is 5.73 Å². The van der Waals surface area contributed by atoms with Gasteiger partial charge in [-0.15, -0.1) is 11.3 Å². The number of carboxylic acids is 1. The molecule has 0 saturated heterocycles. The second-order valence-corrected chi connectivity index (χ2v) is 4.82. The lowest BCUT2D eigenvalue weighted by Crippen LogP contribution is -1.96. The van der Waals surface area contributed by atoms with Gasteiger partial charge in [0.15, 0.2) is 0 Å². The highest BCUT2D eigenvalue weighted by Gasteiger charge is 2.08. The highest BCUT2D eigenvalue weighted by atomic mass is 32.1. The fourth-order valence-corrected chi connectivity index (χ4v) is 2.87. The molecule has 0 aliphatic carbocycles. The number of carboxylic acid groups (broad SMARTS) is 1. The first-order valence-electron chi connectivity index (χ1n) is 5.16. The molecule has 84 valence electrons. The predicted octanol–water partition coefficient (Wildman–Crippen LogP) is 2.89. The largest absolute Gasteiger partial charge is 0.481 e. The number of carbonyl (C=O) groups is 1. The van der Waals surface area contributed by atoms with E-state index < -0.39 is 5.97 Å². The number of anilines is 1. The number of benzene rings is 1. The van der Waals surface area contributed by atoms with Crippen molar-refractivity contribution in [2.45, 2.75) is 19.3 Å². The van der Waals surface area contributed by atoms with Gasteiger partial charge in [0, 0.05) is 21.4 Å². The number of aliphatic carboxylic acids is 1. The number of hydrogen-bond acceptors (Lipinski definition) is 3. The first kappa shape index (κ1) is 11.0. The first-order chi connectivity index (χ1) is 7.68. The van der Waals surface area contributed by atoms with Crippen LogP contribution in [-0.2, 0) is 11.2 Å². The Hall–Kier alpha value is -1.55. The summed E-state index contributed by atoms with van der Waals surface area (Å²) in [5, 5.41) is 9.65. The molecule has 1 heterocycles. The van der Waals surface area contributed by atoms with Gasteiger partial charge >= 0.3 is 5.97 Å². The summed E-state index contributed by atoms with van der Waals surface area (Å²) in [6.07, 6.45) is 1.59. The third kappa shape index (κ3) is 2.17. The van der Waals surface area contributed by atoms with Gasteiger partial charge in [0.2, 0.25) is 0 Å². The van der Waals surface area contributed by atoms with Gasteiger partial charge in [0.1, 0.15) is 0 Å². The summed E-state index contributed by atoms with van der Waals surface area (Å²) in [6.45, 7) is 0. The maximum atomic E-state index is 10.4. The topological polar surface area (TPSA) is 63.3 Å². The van der Waals surface area contributed by atoms with Gasteiger partial charge in [-0.2, -0.15) is 0 Å². The fourth-order valence-electron chi connectivity index (χ4n) is 1.70. The van der Waals surface area contributed by atoms with E-state index in [0.29, 0.717) is 6.42 Å². The van der Waals surface area contributed by atoms with E-state index in [1.165, 1.54) is 4.70 Å². The molecule has 3 nitrogen and oxygen atoms in total. The molecule has 0 atom stereocenters. The zero-order valence-corrected chi connectivity index (χ0v) is 9.59. The lowest BCUT2D eigenvalue weighted by molar-refractivity contribution is -0.137. The molecular weight excluding hydrogens is 222 g/mol.